The second kappa shape index (κ2) is 14.0. The molecule has 0 unspecified atom stereocenters. The summed E-state index contributed by atoms with van der Waals surface area (Å²) in [6.45, 7) is 2.25. The van der Waals surface area contributed by atoms with E-state index in [9.17, 15) is 0 Å². The molecule has 0 aromatic carbocycles. The maximum atomic E-state index is 8.37. The van der Waals surface area contributed by atoms with Gasteiger partial charge in [-0.25, -0.2) is 0 Å². The average Bonchev–Trinajstić information content (AvgIpc) is 2.31. The maximum absolute atomic E-state index is 8.37. The number of aliphatic hydroxyl groups excluding tert-OH is 1. The average molecular weight is 222 g/mol. The summed E-state index contributed by atoms with van der Waals surface area (Å²) >= 11 is 0. The van der Waals surface area contributed by atoms with Crippen LogP contribution in [-0.2, 0) is 0 Å². The predicted octanol–water partition coefficient (Wildman–Crippen LogP) is 5.31. The zero-order valence-electron chi connectivity index (χ0n) is 10.6. The van der Waals surface area contributed by atoms with E-state index in [1.54, 1.807) is 6.08 Å². The van der Waals surface area contributed by atoms with Gasteiger partial charge in [0, 0.05) is 0 Å². The molecular formula is C15H26O. The zero-order chi connectivity index (χ0) is 11.9. The molecule has 0 heterocycles. The molecular weight excluding hydrogens is 196 g/mol. The second-order valence-electron chi connectivity index (χ2n) is 4.06. The molecule has 0 radical (unpaired) electrons. The molecule has 0 fully saturated rings. The van der Waals surface area contributed by atoms with Gasteiger partial charge in [0.25, 0.3) is 0 Å². The van der Waals surface area contributed by atoms with Crippen LogP contribution in [0.15, 0.2) is 36.6 Å². The van der Waals surface area contributed by atoms with Crippen molar-refractivity contribution in [3.8, 4) is 0 Å². The van der Waals surface area contributed by atoms with Crippen LogP contribution in [0.1, 0.15) is 58.3 Å². The number of hydrogen-bond donors (Lipinski definition) is 1. The fourth-order valence-corrected chi connectivity index (χ4v) is 1.57. The molecule has 0 aliphatic rings. The van der Waals surface area contributed by atoms with E-state index in [0.717, 1.165) is 6.26 Å². The number of unbranched alkanes of at least 4 members (excludes halogenated alkanes) is 7. The van der Waals surface area contributed by atoms with Gasteiger partial charge in [0.05, 0.1) is 6.26 Å². The standard InChI is InChI=1S/C15H26O/c1-2-3-4-5-6-7-8-9-10-11-12-13-14-15-16/h10-16H,2-9H2,1H3. The summed E-state index contributed by atoms with van der Waals surface area (Å²) in [4.78, 5) is 0. The van der Waals surface area contributed by atoms with Gasteiger partial charge in [-0.3, -0.25) is 0 Å². The van der Waals surface area contributed by atoms with E-state index in [4.69, 9.17) is 5.11 Å². The van der Waals surface area contributed by atoms with Crippen LogP contribution in [0.5, 0.6) is 0 Å². The molecule has 1 heteroatoms. The van der Waals surface area contributed by atoms with Crippen molar-refractivity contribution in [2.75, 3.05) is 0 Å². The third-order valence-electron chi connectivity index (χ3n) is 2.53. The van der Waals surface area contributed by atoms with Crippen LogP contribution in [0.4, 0.5) is 0 Å². The highest BCUT2D eigenvalue weighted by Crippen LogP contribution is 2.08. The van der Waals surface area contributed by atoms with E-state index in [1.165, 1.54) is 51.4 Å². The van der Waals surface area contributed by atoms with E-state index in [0.29, 0.717) is 0 Å². The predicted molar refractivity (Wildman–Crippen MR) is 72.7 cm³/mol. The van der Waals surface area contributed by atoms with Gasteiger partial charge >= 0.3 is 0 Å². The molecule has 0 spiro atoms. The van der Waals surface area contributed by atoms with Gasteiger partial charge < -0.3 is 5.11 Å². The number of aliphatic hydroxyl groups is 1. The Kier molecular flexibility index (Phi) is 13.2. The van der Waals surface area contributed by atoms with Crippen LogP contribution in [0.2, 0.25) is 0 Å². The number of rotatable bonds is 10. The molecule has 0 rings (SSSR count). The van der Waals surface area contributed by atoms with Gasteiger partial charge in [-0.1, -0.05) is 69.8 Å². The van der Waals surface area contributed by atoms with Crippen molar-refractivity contribution in [2.24, 2.45) is 0 Å². The maximum Gasteiger partial charge on any atom is 0.0791 e. The van der Waals surface area contributed by atoms with Crippen LogP contribution in [-0.4, -0.2) is 5.11 Å². The van der Waals surface area contributed by atoms with Gasteiger partial charge in [0.15, 0.2) is 0 Å². The van der Waals surface area contributed by atoms with Crippen molar-refractivity contribution in [3.05, 3.63) is 36.6 Å². The van der Waals surface area contributed by atoms with E-state index < -0.39 is 0 Å². The lowest BCUT2D eigenvalue weighted by atomic mass is 10.1. The molecule has 0 saturated carbocycles. The summed E-state index contributed by atoms with van der Waals surface area (Å²) in [5, 5.41) is 8.37. The Balaban J connectivity index is 3.14. The summed E-state index contributed by atoms with van der Waals surface area (Å²) in [5.74, 6) is 0. The van der Waals surface area contributed by atoms with Crippen molar-refractivity contribution < 1.29 is 5.11 Å². The fourth-order valence-electron chi connectivity index (χ4n) is 1.57. The first-order chi connectivity index (χ1) is 7.91. The Bertz CT molecular complexity index is 201. The Morgan fingerprint density at radius 1 is 0.750 bits per heavy atom. The monoisotopic (exact) mass is 222 g/mol. The lowest BCUT2D eigenvalue weighted by Crippen LogP contribution is -1.78. The molecule has 0 atom stereocenters. The lowest BCUT2D eigenvalue weighted by molar-refractivity contribution is 0.474. The Hall–Kier alpha value is -0.980. The normalized spacial score (nSPS) is 12.3. The summed E-state index contributed by atoms with van der Waals surface area (Å²) < 4.78 is 0. The highest BCUT2D eigenvalue weighted by molar-refractivity contribution is 5.09. The van der Waals surface area contributed by atoms with Gasteiger partial charge in [-0.15, -0.1) is 0 Å². The fraction of sp³-hybridized carbons (Fsp3) is 0.600. The lowest BCUT2D eigenvalue weighted by Gasteiger charge is -1.98. The molecule has 1 N–H and O–H groups in total. The molecule has 0 aromatic rings. The topological polar surface area (TPSA) is 20.2 Å². The Labute approximate surface area is 101 Å². The third kappa shape index (κ3) is 13.0. The van der Waals surface area contributed by atoms with Crippen LogP contribution < -0.4 is 0 Å². The minimum atomic E-state index is 1.04. The second-order valence-corrected chi connectivity index (χ2v) is 4.06. The van der Waals surface area contributed by atoms with Gasteiger partial charge in [0.2, 0.25) is 0 Å². The van der Waals surface area contributed by atoms with Crippen LogP contribution >= 0.6 is 0 Å². The first-order valence-corrected chi connectivity index (χ1v) is 6.54. The molecule has 92 valence electrons. The number of allylic oxidation sites excluding steroid dienone is 5. The van der Waals surface area contributed by atoms with E-state index >= 15 is 0 Å². The molecule has 0 aliphatic heterocycles. The summed E-state index contributed by atoms with van der Waals surface area (Å²) in [5.41, 5.74) is 0. The molecule has 0 amide bonds. The first kappa shape index (κ1) is 15.0. The van der Waals surface area contributed by atoms with E-state index in [2.05, 4.69) is 13.0 Å². The molecule has 1 nitrogen and oxygen atoms in total. The van der Waals surface area contributed by atoms with Crippen LogP contribution in [0, 0.1) is 0 Å². The largest absolute Gasteiger partial charge is 0.516 e. The van der Waals surface area contributed by atoms with Gasteiger partial charge in [-0.2, -0.15) is 0 Å². The summed E-state index contributed by atoms with van der Waals surface area (Å²) in [6.07, 6.45) is 21.4. The minimum absolute atomic E-state index is 1.04. The van der Waals surface area contributed by atoms with Gasteiger partial charge in [0.1, 0.15) is 0 Å². The van der Waals surface area contributed by atoms with Crippen LogP contribution in [0.25, 0.3) is 0 Å². The minimum Gasteiger partial charge on any atom is -0.516 e. The van der Waals surface area contributed by atoms with Crippen molar-refractivity contribution >= 4 is 0 Å². The number of hydrogen-bond acceptors (Lipinski definition) is 1. The van der Waals surface area contributed by atoms with Crippen LogP contribution in [0.3, 0.4) is 0 Å². The highest BCUT2D eigenvalue weighted by Gasteiger charge is 1.88. The summed E-state index contributed by atoms with van der Waals surface area (Å²) in [6, 6.07) is 0. The van der Waals surface area contributed by atoms with Crippen molar-refractivity contribution in [2.45, 2.75) is 58.3 Å². The Morgan fingerprint density at radius 2 is 1.38 bits per heavy atom. The summed E-state index contributed by atoms with van der Waals surface area (Å²) in [7, 11) is 0. The molecule has 0 aliphatic carbocycles. The quantitative estimate of drug-likeness (QED) is 0.301. The SMILES string of the molecule is CCCCCCCCCC=CC=CC=CO. The van der Waals surface area contributed by atoms with Gasteiger partial charge in [-0.05, 0) is 18.9 Å². The molecule has 0 aromatic heterocycles. The Morgan fingerprint density at radius 3 is 2.06 bits per heavy atom. The molecule has 0 saturated heterocycles. The van der Waals surface area contributed by atoms with Crippen molar-refractivity contribution in [3.63, 3.8) is 0 Å². The highest BCUT2D eigenvalue weighted by atomic mass is 16.2. The smallest absolute Gasteiger partial charge is 0.0791 e. The van der Waals surface area contributed by atoms with E-state index in [1.807, 2.05) is 18.2 Å². The zero-order valence-corrected chi connectivity index (χ0v) is 10.6. The first-order valence-electron chi connectivity index (χ1n) is 6.54. The van der Waals surface area contributed by atoms with Crippen molar-refractivity contribution in [1.29, 1.82) is 0 Å². The van der Waals surface area contributed by atoms with E-state index in [-0.39, 0.29) is 0 Å². The molecule has 0 bridgehead atoms. The molecule has 16 heavy (non-hydrogen) atoms. The third-order valence-corrected chi connectivity index (χ3v) is 2.53. The van der Waals surface area contributed by atoms with Crippen molar-refractivity contribution in [1.82, 2.24) is 0 Å².